The first-order valence-corrected chi connectivity index (χ1v) is 28.5. The predicted octanol–water partition coefficient (Wildman–Crippen LogP) is 9.10. The molecule has 0 aromatic carbocycles. The Labute approximate surface area is 445 Å². The van der Waals surface area contributed by atoms with Gasteiger partial charge in [0.05, 0.1) is 32.0 Å². The summed E-state index contributed by atoms with van der Waals surface area (Å²) in [5.74, 6) is -0.335. The van der Waals surface area contributed by atoms with Gasteiger partial charge in [0.25, 0.3) is 0 Å². The van der Waals surface area contributed by atoms with Crippen molar-refractivity contribution in [1.82, 2.24) is 5.32 Å². The minimum atomic E-state index is -1.80. The summed E-state index contributed by atoms with van der Waals surface area (Å²) in [5.41, 5.74) is 0. The van der Waals surface area contributed by atoms with Crippen LogP contribution in [0, 0.1) is 0 Å². The zero-order valence-electron chi connectivity index (χ0n) is 45.3. The second kappa shape index (κ2) is 45.0. The van der Waals surface area contributed by atoms with Crippen molar-refractivity contribution in [2.75, 3.05) is 19.8 Å². The van der Waals surface area contributed by atoms with Crippen molar-refractivity contribution >= 4 is 5.91 Å². The SMILES string of the molecule is CC/C=C\C/C=C\C/C=C\C/C=C\C/C=C\C/C=C\CCC(=O)NC(COC1OC(CO)C(OC2OC(CO)C(O)C(O)C2O)C(O)C1O)C(O)/C=C/CC/C=C/CCCCCCCCCCCCCCCCC. The number of ether oxygens (including phenoxy) is 4. The molecule has 9 N–H and O–H groups in total. The van der Waals surface area contributed by atoms with Crippen molar-refractivity contribution in [3.8, 4) is 0 Å². The summed E-state index contributed by atoms with van der Waals surface area (Å²) in [6, 6.07) is -0.978. The minimum absolute atomic E-state index is 0.143. The number of hydrogen-bond acceptors (Lipinski definition) is 13. The Kier molecular flexibility index (Phi) is 40.7. The van der Waals surface area contributed by atoms with Crippen LogP contribution in [-0.4, -0.2) is 140 Å². The number of hydrogen-bond donors (Lipinski definition) is 9. The fourth-order valence-electron chi connectivity index (χ4n) is 8.68. The molecule has 2 rings (SSSR count). The van der Waals surface area contributed by atoms with Crippen LogP contribution in [0.2, 0.25) is 0 Å². The highest BCUT2D eigenvalue weighted by atomic mass is 16.7. The highest BCUT2D eigenvalue weighted by Gasteiger charge is 2.51. The number of amides is 1. The molecule has 0 aliphatic carbocycles. The first kappa shape index (κ1) is 67.0. The summed E-state index contributed by atoms with van der Waals surface area (Å²) < 4.78 is 22.7. The molecule has 0 aromatic rings. The van der Waals surface area contributed by atoms with Gasteiger partial charge in [-0.15, -0.1) is 0 Å². The lowest BCUT2D eigenvalue weighted by atomic mass is 9.97. The molecule has 0 radical (unpaired) electrons. The average molecular weight is 1040 g/mol. The van der Waals surface area contributed by atoms with E-state index in [1.165, 1.54) is 96.3 Å². The molecule has 0 saturated carbocycles. The lowest BCUT2D eigenvalue weighted by Gasteiger charge is -2.46. The summed E-state index contributed by atoms with van der Waals surface area (Å²) in [6.07, 6.45) is 44.6. The van der Waals surface area contributed by atoms with Crippen LogP contribution in [0.5, 0.6) is 0 Å². The maximum absolute atomic E-state index is 13.2. The summed E-state index contributed by atoms with van der Waals surface area (Å²) in [6.45, 7) is 2.60. The molecule has 0 bridgehead atoms. The van der Waals surface area contributed by atoms with Gasteiger partial charge in [-0.3, -0.25) is 4.79 Å². The average Bonchev–Trinajstić information content (AvgIpc) is 3.40. The number of aliphatic hydroxyl groups excluding tert-OH is 8. The van der Waals surface area contributed by atoms with Crippen LogP contribution in [0.15, 0.2) is 97.2 Å². The molecular formula is C60H101NO13. The quantitative estimate of drug-likeness (QED) is 0.0205. The van der Waals surface area contributed by atoms with Gasteiger partial charge in [0.1, 0.15) is 48.8 Å². The van der Waals surface area contributed by atoms with E-state index in [9.17, 15) is 45.6 Å². The van der Waals surface area contributed by atoms with Crippen LogP contribution < -0.4 is 5.32 Å². The Morgan fingerprint density at radius 2 is 0.946 bits per heavy atom. The molecule has 2 aliphatic heterocycles. The van der Waals surface area contributed by atoms with Crippen molar-refractivity contribution in [1.29, 1.82) is 0 Å². The zero-order chi connectivity index (χ0) is 53.9. The molecule has 424 valence electrons. The predicted molar refractivity (Wildman–Crippen MR) is 295 cm³/mol. The molecule has 2 aliphatic rings. The number of aliphatic hydroxyl groups is 8. The Balaban J connectivity index is 1.85. The fourth-order valence-corrected chi connectivity index (χ4v) is 8.68. The van der Waals surface area contributed by atoms with Gasteiger partial charge in [-0.05, 0) is 70.6 Å². The number of rotatable bonds is 43. The molecule has 14 heteroatoms. The van der Waals surface area contributed by atoms with Crippen LogP contribution in [0.1, 0.15) is 181 Å². The van der Waals surface area contributed by atoms with E-state index in [0.29, 0.717) is 12.8 Å². The second-order valence-corrected chi connectivity index (χ2v) is 19.7. The van der Waals surface area contributed by atoms with Crippen LogP contribution in [0.3, 0.4) is 0 Å². The molecule has 74 heavy (non-hydrogen) atoms. The molecule has 2 fully saturated rings. The van der Waals surface area contributed by atoms with Gasteiger partial charge in [-0.1, -0.05) is 201 Å². The summed E-state index contributed by atoms with van der Waals surface area (Å²) in [4.78, 5) is 13.2. The summed E-state index contributed by atoms with van der Waals surface area (Å²) in [7, 11) is 0. The molecule has 12 atom stereocenters. The van der Waals surface area contributed by atoms with Crippen LogP contribution in [-0.2, 0) is 23.7 Å². The Hall–Kier alpha value is -3.09. The van der Waals surface area contributed by atoms with Gasteiger partial charge < -0.3 is 65.1 Å². The largest absolute Gasteiger partial charge is 0.394 e. The van der Waals surface area contributed by atoms with Crippen molar-refractivity contribution in [3.05, 3.63) is 97.2 Å². The van der Waals surface area contributed by atoms with Crippen molar-refractivity contribution in [3.63, 3.8) is 0 Å². The van der Waals surface area contributed by atoms with Gasteiger partial charge in [0.2, 0.25) is 5.91 Å². The highest BCUT2D eigenvalue weighted by molar-refractivity contribution is 5.76. The molecule has 14 nitrogen and oxygen atoms in total. The fraction of sp³-hybridized carbons (Fsp3) is 0.717. The molecule has 2 heterocycles. The van der Waals surface area contributed by atoms with Gasteiger partial charge in [0, 0.05) is 6.42 Å². The maximum atomic E-state index is 13.2. The summed E-state index contributed by atoms with van der Waals surface area (Å²) >= 11 is 0. The van der Waals surface area contributed by atoms with Gasteiger partial charge in [-0.25, -0.2) is 0 Å². The molecule has 0 spiro atoms. The number of unbranched alkanes of at least 4 members (excludes halogenated alkanes) is 16. The van der Waals surface area contributed by atoms with Gasteiger partial charge in [-0.2, -0.15) is 0 Å². The van der Waals surface area contributed by atoms with E-state index in [1.54, 1.807) is 6.08 Å². The molecule has 0 aromatic heterocycles. The van der Waals surface area contributed by atoms with Crippen molar-refractivity contribution < 1.29 is 64.6 Å². The van der Waals surface area contributed by atoms with Crippen LogP contribution >= 0.6 is 0 Å². The summed E-state index contributed by atoms with van der Waals surface area (Å²) in [5, 5.41) is 86.9. The number of carbonyl (C=O) groups excluding carboxylic acids is 1. The van der Waals surface area contributed by atoms with Gasteiger partial charge in [0.15, 0.2) is 12.6 Å². The lowest BCUT2D eigenvalue weighted by molar-refractivity contribution is -0.359. The van der Waals surface area contributed by atoms with E-state index >= 15 is 0 Å². The Bertz CT molecular complexity index is 1610. The smallest absolute Gasteiger partial charge is 0.220 e. The number of nitrogens with one attached hydrogen (secondary N) is 1. The molecule has 12 unspecified atom stereocenters. The third kappa shape index (κ3) is 30.6. The number of allylic oxidation sites excluding steroid dienone is 15. The topological polar surface area (TPSA) is 228 Å². The monoisotopic (exact) mass is 1040 g/mol. The lowest BCUT2D eigenvalue weighted by Crippen LogP contribution is -2.65. The number of carbonyl (C=O) groups is 1. The van der Waals surface area contributed by atoms with Crippen LogP contribution in [0.4, 0.5) is 0 Å². The van der Waals surface area contributed by atoms with Crippen molar-refractivity contribution in [2.45, 2.75) is 254 Å². The first-order chi connectivity index (χ1) is 36.1. The van der Waals surface area contributed by atoms with Crippen LogP contribution in [0.25, 0.3) is 0 Å². The standard InChI is InChI=1S/C60H101NO13/c1-3-5-7-9-11-13-15-17-19-21-23-24-26-27-29-31-33-35-37-39-41-43-49(64)48(61-52(65)44-42-40-38-36-34-32-30-28-25-22-20-18-16-14-12-10-8-6-4-2)47-71-59-57(70)55(68)58(51(46-63)73-59)74-60-56(69)54(67)53(66)50(45-62)72-60/h6,8,12,14,18,20,25,28,32-35,38,40-41,43,48-51,53-60,62-64,66-70H,3-5,7,9-11,13,15-17,19,21-24,26-27,29-31,36-37,39,42,44-47H2,1-2H3,(H,61,65)/b8-6-,14-12-,20-18-,28-25-,34-32-,35-33+,40-38-,43-41+. The van der Waals surface area contributed by atoms with E-state index in [-0.39, 0.29) is 18.9 Å². The first-order valence-electron chi connectivity index (χ1n) is 28.5. The maximum Gasteiger partial charge on any atom is 0.220 e. The van der Waals surface area contributed by atoms with E-state index in [2.05, 4.69) is 92.1 Å². The molecule has 1 amide bonds. The third-order valence-corrected chi connectivity index (χ3v) is 13.3. The zero-order valence-corrected chi connectivity index (χ0v) is 45.3. The van der Waals surface area contributed by atoms with Crippen molar-refractivity contribution in [2.24, 2.45) is 0 Å². The van der Waals surface area contributed by atoms with E-state index in [0.717, 1.165) is 51.4 Å². The van der Waals surface area contributed by atoms with E-state index < -0.39 is 86.8 Å². The molecular weight excluding hydrogens is 943 g/mol. The Morgan fingerprint density at radius 1 is 0.500 bits per heavy atom. The van der Waals surface area contributed by atoms with E-state index in [1.807, 2.05) is 18.2 Å². The highest BCUT2D eigenvalue weighted by Crippen LogP contribution is 2.30. The Morgan fingerprint density at radius 3 is 1.47 bits per heavy atom. The van der Waals surface area contributed by atoms with E-state index in [4.69, 9.17) is 18.9 Å². The normalized spacial score (nSPS) is 26.0. The van der Waals surface area contributed by atoms with Gasteiger partial charge >= 0.3 is 0 Å². The minimum Gasteiger partial charge on any atom is -0.394 e. The molecule has 2 saturated heterocycles. The third-order valence-electron chi connectivity index (χ3n) is 13.3. The second-order valence-electron chi connectivity index (χ2n) is 19.7.